The van der Waals surface area contributed by atoms with E-state index in [0.717, 1.165) is 21.1 Å². The lowest BCUT2D eigenvalue weighted by atomic mass is 10.0. The van der Waals surface area contributed by atoms with Crippen LogP contribution < -0.4 is 5.32 Å². The number of benzene rings is 1. The third-order valence-corrected chi connectivity index (χ3v) is 5.42. The van der Waals surface area contributed by atoms with Crippen LogP contribution in [0.15, 0.2) is 16.6 Å². The quantitative estimate of drug-likeness (QED) is 0.683. The minimum Gasteiger partial charge on any atom is -0.301 e. The lowest BCUT2D eigenvalue weighted by Gasteiger charge is -2.06. The van der Waals surface area contributed by atoms with Crippen LogP contribution in [-0.4, -0.2) is 15.7 Å². The summed E-state index contributed by atoms with van der Waals surface area (Å²) in [5.74, 6) is 0.344. The van der Waals surface area contributed by atoms with E-state index >= 15 is 0 Å². The van der Waals surface area contributed by atoms with E-state index in [4.69, 9.17) is 0 Å². The summed E-state index contributed by atoms with van der Waals surface area (Å²) in [6.45, 7) is 6.25. The molecule has 0 spiro atoms. The highest BCUT2D eigenvalue weighted by Crippen LogP contribution is 2.34. The molecule has 2 aromatic rings. The van der Waals surface area contributed by atoms with Crippen LogP contribution in [-0.2, 0) is 4.79 Å². The van der Waals surface area contributed by atoms with Crippen LogP contribution in [0.5, 0.6) is 0 Å². The SMILES string of the molecule is CC[C@H](Br)C(=O)Nc1nc2c(C(C)C)cc(Br)cc2s1. The Hall–Kier alpha value is -0.460. The van der Waals surface area contributed by atoms with Crippen molar-refractivity contribution < 1.29 is 4.79 Å². The van der Waals surface area contributed by atoms with E-state index in [9.17, 15) is 4.79 Å². The lowest BCUT2D eigenvalue weighted by Crippen LogP contribution is -2.21. The van der Waals surface area contributed by atoms with Gasteiger partial charge in [-0.15, -0.1) is 0 Å². The molecule has 1 aromatic heterocycles. The molecule has 0 saturated heterocycles. The van der Waals surface area contributed by atoms with Crippen LogP contribution in [0.2, 0.25) is 0 Å². The zero-order valence-electron chi connectivity index (χ0n) is 11.5. The van der Waals surface area contributed by atoms with Crippen molar-refractivity contribution in [3.8, 4) is 0 Å². The molecule has 6 heteroatoms. The number of carbonyl (C=O) groups excluding carboxylic acids is 1. The van der Waals surface area contributed by atoms with Crippen molar-refractivity contribution in [3.05, 3.63) is 22.2 Å². The van der Waals surface area contributed by atoms with Gasteiger partial charge in [0.05, 0.1) is 15.0 Å². The molecular weight excluding hydrogens is 404 g/mol. The van der Waals surface area contributed by atoms with Gasteiger partial charge in [-0.1, -0.05) is 64.0 Å². The molecule has 1 atom stereocenters. The van der Waals surface area contributed by atoms with E-state index in [1.165, 1.54) is 16.9 Å². The second-order valence-corrected chi connectivity index (χ2v) is 7.93. The first-order chi connectivity index (χ1) is 9.42. The first-order valence-electron chi connectivity index (χ1n) is 6.47. The molecule has 1 N–H and O–H groups in total. The molecule has 0 aliphatic heterocycles. The molecule has 1 heterocycles. The number of fused-ring (bicyclic) bond motifs is 1. The van der Waals surface area contributed by atoms with Crippen molar-refractivity contribution in [2.45, 2.75) is 37.9 Å². The minimum atomic E-state index is -0.175. The Morgan fingerprint density at radius 2 is 2.15 bits per heavy atom. The molecular formula is C14H16Br2N2OS. The molecule has 1 aromatic carbocycles. The van der Waals surface area contributed by atoms with Crippen molar-refractivity contribution in [1.82, 2.24) is 4.98 Å². The van der Waals surface area contributed by atoms with E-state index in [2.05, 4.69) is 62.1 Å². The second kappa shape index (κ2) is 6.54. The predicted octanol–water partition coefficient (Wildman–Crippen LogP) is 5.29. The van der Waals surface area contributed by atoms with Gasteiger partial charge < -0.3 is 5.32 Å². The van der Waals surface area contributed by atoms with Crippen molar-refractivity contribution in [2.24, 2.45) is 0 Å². The van der Waals surface area contributed by atoms with E-state index < -0.39 is 0 Å². The van der Waals surface area contributed by atoms with Gasteiger partial charge >= 0.3 is 0 Å². The van der Waals surface area contributed by atoms with Crippen LogP contribution in [0.3, 0.4) is 0 Å². The van der Waals surface area contributed by atoms with Crippen LogP contribution in [0.4, 0.5) is 5.13 Å². The summed E-state index contributed by atoms with van der Waals surface area (Å²) in [5.41, 5.74) is 2.17. The van der Waals surface area contributed by atoms with Gasteiger partial charge in [-0.3, -0.25) is 4.79 Å². The van der Waals surface area contributed by atoms with Crippen LogP contribution in [0.25, 0.3) is 10.2 Å². The average molecular weight is 420 g/mol. The number of thiazole rings is 1. The number of nitrogens with zero attached hydrogens (tertiary/aromatic N) is 1. The Kier molecular flexibility index (Phi) is 5.20. The van der Waals surface area contributed by atoms with Crippen molar-refractivity contribution >= 4 is 64.5 Å². The zero-order valence-corrected chi connectivity index (χ0v) is 15.5. The van der Waals surface area contributed by atoms with Gasteiger partial charge in [-0.25, -0.2) is 4.98 Å². The highest BCUT2D eigenvalue weighted by molar-refractivity contribution is 9.10. The van der Waals surface area contributed by atoms with Gasteiger partial charge in [-0.2, -0.15) is 0 Å². The smallest absolute Gasteiger partial charge is 0.239 e. The number of anilines is 1. The first kappa shape index (κ1) is 15.9. The van der Waals surface area contributed by atoms with E-state index in [1.54, 1.807) is 0 Å². The number of amides is 1. The molecule has 2 rings (SSSR count). The normalized spacial score (nSPS) is 12.9. The standard InChI is InChI=1S/C14H16Br2N2OS/c1-4-10(16)13(19)18-14-17-12-9(7(2)3)5-8(15)6-11(12)20-14/h5-7,10H,4H2,1-3H3,(H,17,18,19)/t10-/m0/s1. The molecule has 0 saturated carbocycles. The fourth-order valence-electron chi connectivity index (χ4n) is 1.88. The summed E-state index contributed by atoms with van der Waals surface area (Å²) in [6.07, 6.45) is 0.750. The highest BCUT2D eigenvalue weighted by atomic mass is 79.9. The number of hydrogen-bond donors (Lipinski definition) is 1. The number of rotatable bonds is 4. The van der Waals surface area contributed by atoms with E-state index in [-0.39, 0.29) is 10.7 Å². The highest BCUT2D eigenvalue weighted by Gasteiger charge is 2.16. The van der Waals surface area contributed by atoms with Crippen LogP contribution in [0, 0.1) is 0 Å². The molecule has 108 valence electrons. The van der Waals surface area contributed by atoms with Gasteiger partial charge in [0.2, 0.25) is 5.91 Å². The lowest BCUT2D eigenvalue weighted by molar-refractivity contribution is -0.115. The Morgan fingerprint density at radius 3 is 2.75 bits per heavy atom. The Morgan fingerprint density at radius 1 is 1.45 bits per heavy atom. The summed E-state index contributed by atoms with van der Waals surface area (Å²) in [7, 11) is 0. The molecule has 0 aliphatic carbocycles. The molecule has 0 aliphatic rings. The third kappa shape index (κ3) is 3.40. The summed E-state index contributed by atoms with van der Waals surface area (Å²) >= 11 is 8.39. The molecule has 0 bridgehead atoms. The number of aromatic nitrogens is 1. The number of carbonyl (C=O) groups is 1. The average Bonchev–Trinajstić information content (AvgIpc) is 2.78. The summed E-state index contributed by atoms with van der Waals surface area (Å²) in [4.78, 5) is 16.3. The number of hydrogen-bond acceptors (Lipinski definition) is 3. The molecule has 0 radical (unpaired) electrons. The first-order valence-corrected chi connectivity index (χ1v) is 8.99. The van der Waals surface area contributed by atoms with Gasteiger partial charge in [0.1, 0.15) is 0 Å². The molecule has 0 fully saturated rings. The van der Waals surface area contributed by atoms with Crippen molar-refractivity contribution in [3.63, 3.8) is 0 Å². The fraction of sp³-hybridized carbons (Fsp3) is 0.429. The zero-order chi connectivity index (χ0) is 14.9. The number of halogens is 2. The van der Waals surface area contributed by atoms with Gasteiger partial charge in [0, 0.05) is 4.47 Å². The maximum Gasteiger partial charge on any atom is 0.239 e. The maximum absolute atomic E-state index is 11.9. The topological polar surface area (TPSA) is 42.0 Å². The summed E-state index contributed by atoms with van der Waals surface area (Å²) in [6, 6.07) is 4.14. The Labute approximate surface area is 139 Å². The van der Waals surface area contributed by atoms with Gasteiger partial charge in [0.15, 0.2) is 5.13 Å². The third-order valence-electron chi connectivity index (χ3n) is 2.98. The van der Waals surface area contributed by atoms with Crippen LogP contribution in [0.1, 0.15) is 38.7 Å². The molecule has 3 nitrogen and oxygen atoms in total. The van der Waals surface area contributed by atoms with Gasteiger partial charge in [-0.05, 0) is 30.0 Å². The van der Waals surface area contributed by atoms with Gasteiger partial charge in [0.25, 0.3) is 0 Å². The second-order valence-electron chi connectivity index (χ2n) is 4.88. The van der Waals surface area contributed by atoms with Crippen molar-refractivity contribution in [2.75, 3.05) is 5.32 Å². The minimum absolute atomic E-state index is 0.0447. The van der Waals surface area contributed by atoms with E-state index in [0.29, 0.717) is 11.0 Å². The van der Waals surface area contributed by atoms with E-state index in [1.807, 2.05) is 13.0 Å². The largest absolute Gasteiger partial charge is 0.301 e. The Bertz CT molecular complexity index is 639. The fourth-order valence-corrected chi connectivity index (χ4v) is 3.57. The number of alkyl halides is 1. The number of nitrogens with one attached hydrogen (secondary N) is 1. The summed E-state index contributed by atoms with van der Waals surface area (Å²) < 4.78 is 2.13. The Balaban J connectivity index is 2.38. The van der Waals surface area contributed by atoms with Crippen molar-refractivity contribution in [1.29, 1.82) is 0 Å². The molecule has 0 unspecified atom stereocenters. The predicted molar refractivity (Wildman–Crippen MR) is 93.0 cm³/mol. The summed E-state index contributed by atoms with van der Waals surface area (Å²) in [5, 5.41) is 3.53. The maximum atomic E-state index is 11.9. The van der Waals surface area contributed by atoms with Crippen LogP contribution >= 0.6 is 43.2 Å². The molecule has 1 amide bonds. The monoisotopic (exact) mass is 418 g/mol. The molecule has 20 heavy (non-hydrogen) atoms.